The van der Waals surface area contributed by atoms with Crippen molar-refractivity contribution in [3.63, 3.8) is 0 Å². The summed E-state index contributed by atoms with van der Waals surface area (Å²) in [4.78, 5) is 27.2. The molecule has 4 nitrogen and oxygen atoms in total. The SMILES string of the molecule is CCc1cccc(C)c1NC(=O)C1CCN(C(=O)Cc2ccc(Cl)cc2)CC1. The van der Waals surface area contributed by atoms with E-state index in [-0.39, 0.29) is 17.7 Å². The van der Waals surface area contributed by atoms with E-state index in [0.29, 0.717) is 37.4 Å². The van der Waals surface area contributed by atoms with Gasteiger partial charge in [-0.1, -0.05) is 48.9 Å². The molecular formula is C23H27ClN2O2. The molecule has 5 heteroatoms. The molecule has 2 amide bonds. The number of halogens is 1. The van der Waals surface area contributed by atoms with Crippen LogP contribution in [-0.2, 0) is 22.4 Å². The third-order valence-electron chi connectivity index (χ3n) is 5.48. The molecule has 1 fully saturated rings. The van der Waals surface area contributed by atoms with Crippen LogP contribution in [0, 0.1) is 12.8 Å². The van der Waals surface area contributed by atoms with Gasteiger partial charge in [-0.15, -0.1) is 0 Å². The lowest BCUT2D eigenvalue weighted by molar-refractivity contribution is -0.133. The zero-order valence-electron chi connectivity index (χ0n) is 16.5. The van der Waals surface area contributed by atoms with Crippen LogP contribution in [0.1, 0.15) is 36.5 Å². The molecule has 0 radical (unpaired) electrons. The first-order valence-electron chi connectivity index (χ1n) is 9.89. The molecule has 1 N–H and O–H groups in total. The molecule has 0 atom stereocenters. The predicted octanol–water partition coefficient (Wildman–Crippen LogP) is 4.63. The van der Waals surface area contributed by atoms with E-state index in [2.05, 4.69) is 18.3 Å². The van der Waals surface area contributed by atoms with Crippen LogP contribution in [0.15, 0.2) is 42.5 Å². The Bertz CT molecular complexity index is 840. The van der Waals surface area contributed by atoms with Crippen molar-refractivity contribution in [3.8, 4) is 0 Å². The van der Waals surface area contributed by atoms with Crippen molar-refractivity contribution in [1.82, 2.24) is 4.90 Å². The van der Waals surface area contributed by atoms with Crippen molar-refractivity contribution < 1.29 is 9.59 Å². The third-order valence-corrected chi connectivity index (χ3v) is 5.73. The van der Waals surface area contributed by atoms with Gasteiger partial charge in [0.1, 0.15) is 0 Å². The molecule has 0 aromatic heterocycles. The van der Waals surface area contributed by atoms with E-state index in [1.807, 2.05) is 36.1 Å². The van der Waals surface area contributed by atoms with Crippen LogP contribution < -0.4 is 5.32 Å². The molecule has 0 saturated carbocycles. The van der Waals surface area contributed by atoms with E-state index in [0.717, 1.165) is 28.8 Å². The Hall–Kier alpha value is -2.33. The third kappa shape index (κ3) is 4.93. The van der Waals surface area contributed by atoms with Gasteiger partial charge in [0.15, 0.2) is 0 Å². The number of benzene rings is 2. The van der Waals surface area contributed by atoms with Gasteiger partial charge in [-0.25, -0.2) is 0 Å². The summed E-state index contributed by atoms with van der Waals surface area (Å²) in [7, 11) is 0. The van der Waals surface area contributed by atoms with E-state index >= 15 is 0 Å². The smallest absolute Gasteiger partial charge is 0.227 e. The summed E-state index contributed by atoms with van der Waals surface area (Å²) in [5.41, 5.74) is 4.14. The maximum absolute atomic E-state index is 12.8. The van der Waals surface area contributed by atoms with Crippen molar-refractivity contribution in [2.45, 2.75) is 39.5 Å². The van der Waals surface area contributed by atoms with Gasteiger partial charge in [0.2, 0.25) is 11.8 Å². The molecule has 28 heavy (non-hydrogen) atoms. The van der Waals surface area contributed by atoms with E-state index < -0.39 is 0 Å². The summed E-state index contributed by atoms with van der Waals surface area (Å²) in [5, 5.41) is 3.80. The van der Waals surface area contributed by atoms with Gasteiger partial charge in [-0.05, 0) is 55.0 Å². The fourth-order valence-electron chi connectivity index (χ4n) is 3.71. The number of nitrogens with one attached hydrogen (secondary N) is 1. The zero-order chi connectivity index (χ0) is 20.1. The average Bonchev–Trinajstić information content (AvgIpc) is 2.71. The Kier molecular flexibility index (Phi) is 6.74. The number of piperidine rings is 1. The summed E-state index contributed by atoms with van der Waals surface area (Å²) in [6, 6.07) is 13.5. The van der Waals surface area contributed by atoms with Crippen molar-refractivity contribution in [2.75, 3.05) is 18.4 Å². The number of carbonyl (C=O) groups is 2. The molecule has 3 rings (SSSR count). The molecule has 1 aliphatic rings. The highest BCUT2D eigenvalue weighted by Gasteiger charge is 2.27. The minimum absolute atomic E-state index is 0.0519. The van der Waals surface area contributed by atoms with Crippen LogP contribution in [-0.4, -0.2) is 29.8 Å². The van der Waals surface area contributed by atoms with Crippen molar-refractivity contribution in [1.29, 1.82) is 0 Å². The van der Waals surface area contributed by atoms with Crippen molar-refractivity contribution >= 4 is 29.1 Å². The van der Waals surface area contributed by atoms with Crippen LogP contribution in [0.5, 0.6) is 0 Å². The number of rotatable bonds is 5. The standard InChI is InChI=1S/C23H27ClN2O2/c1-3-18-6-4-5-16(2)22(18)25-23(28)19-11-13-26(14-12-19)21(27)15-17-7-9-20(24)10-8-17/h4-10,19H,3,11-15H2,1-2H3,(H,25,28). The molecule has 1 aliphatic heterocycles. The molecule has 1 saturated heterocycles. The maximum atomic E-state index is 12.8. The van der Waals surface area contributed by atoms with Gasteiger partial charge in [0, 0.05) is 29.7 Å². The molecule has 0 bridgehead atoms. The van der Waals surface area contributed by atoms with E-state index in [1.165, 1.54) is 0 Å². The second-order valence-corrected chi connectivity index (χ2v) is 7.85. The van der Waals surface area contributed by atoms with Crippen molar-refractivity contribution in [3.05, 3.63) is 64.2 Å². The topological polar surface area (TPSA) is 49.4 Å². The number of amides is 2. The number of aryl methyl sites for hydroxylation is 2. The maximum Gasteiger partial charge on any atom is 0.227 e. The Morgan fingerprint density at radius 2 is 1.79 bits per heavy atom. The highest BCUT2D eigenvalue weighted by atomic mass is 35.5. The predicted molar refractivity (Wildman–Crippen MR) is 114 cm³/mol. The van der Waals surface area contributed by atoms with Crippen LogP contribution in [0.4, 0.5) is 5.69 Å². The van der Waals surface area contributed by atoms with Gasteiger partial charge in [-0.3, -0.25) is 9.59 Å². The van der Waals surface area contributed by atoms with Gasteiger partial charge in [-0.2, -0.15) is 0 Å². The average molecular weight is 399 g/mol. The lowest BCUT2D eigenvalue weighted by Crippen LogP contribution is -2.42. The van der Waals surface area contributed by atoms with Gasteiger partial charge in [0.05, 0.1) is 6.42 Å². The van der Waals surface area contributed by atoms with Crippen LogP contribution in [0.25, 0.3) is 0 Å². The quantitative estimate of drug-likeness (QED) is 0.798. The highest BCUT2D eigenvalue weighted by Crippen LogP contribution is 2.25. The lowest BCUT2D eigenvalue weighted by Gasteiger charge is -2.31. The van der Waals surface area contributed by atoms with Gasteiger partial charge >= 0.3 is 0 Å². The lowest BCUT2D eigenvalue weighted by atomic mass is 9.94. The molecule has 0 unspecified atom stereocenters. The van der Waals surface area contributed by atoms with Crippen LogP contribution in [0.3, 0.4) is 0 Å². The second kappa shape index (κ2) is 9.24. The first kappa shape index (κ1) is 20.4. The summed E-state index contributed by atoms with van der Waals surface area (Å²) < 4.78 is 0. The highest BCUT2D eigenvalue weighted by molar-refractivity contribution is 6.30. The molecule has 0 aliphatic carbocycles. The Balaban J connectivity index is 1.54. The summed E-state index contributed by atoms with van der Waals surface area (Å²) in [5.74, 6) is 0.117. The molecular weight excluding hydrogens is 372 g/mol. The van der Waals surface area contributed by atoms with Crippen molar-refractivity contribution in [2.24, 2.45) is 5.92 Å². The number of likely N-dealkylation sites (tertiary alicyclic amines) is 1. The number of hydrogen-bond donors (Lipinski definition) is 1. The molecule has 148 valence electrons. The normalized spacial score (nSPS) is 14.8. The van der Waals surface area contributed by atoms with E-state index in [9.17, 15) is 9.59 Å². The molecule has 0 spiro atoms. The monoisotopic (exact) mass is 398 g/mol. The van der Waals surface area contributed by atoms with Gasteiger partial charge in [0.25, 0.3) is 0 Å². The number of hydrogen-bond acceptors (Lipinski definition) is 2. The van der Waals surface area contributed by atoms with Gasteiger partial charge < -0.3 is 10.2 Å². The first-order chi connectivity index (χ1) is 13.5. The first-order valence-corrected chi connectivity index (χ1v) is 10.3. The van der Waals surface area contributed by atoms with Crippen LogP contribution >= 0.6 is 11.6 Å². The Labute approximate surface area is 171 Å². The van der Waals surface area contributed by atoms with E-state index in [4.69, 9.17) is 11.6 Å². The number of nitrogens with zero attached hydrogens (tertiary/aromatic N) is 1. The minimum atomic E-state index is -0.0519. The number of para-hydroxylation sites is 1. The Morgan fingerprint density at radius 3 is 2.43 bits per heavy atom. The minimum Gasteiger partial charge on any atom is -0.342 e. The second-order valence-electron chi connectivity index (χ2n) is 7.41. The molecule has 2 aromatic rings. The Morgan fingerprint density at radius 1 is 1.11 bits per heavy atom. The van der Waals surface area contributed by atoms with Crippen LogP contribution in [0.2, 0.25) is 5.02 Å². The summed E-state index contributed by atoms with van der Waals surface area (Å²) in [6.07, 6.45) is 2.66. The summed E-state index contributed by atoms with van der Waals surface area (Å²) in [6.45, 7) is 5.36. The molecule has 2 aromatic carbocycles. The fraction of sp³-hybridized carbons (Fsp3) is 0.391. The number of carbonyl (C=O) groups excluding carboxylic acids is 2. The molecule has 1 heterocycles. The zero-order valence-corrected chi connectivity index (χ0v) is 17.3. The van der Waals surface area contributed by atoms with E-state index in [1.54, 1.807) is 12.1 Å². The largest absolute Gasteiger partial charge is 0.342 e. The number of anilines is 1. The fourth-order valence-corrected chi connectivity index (χ4v) is 3.83. The summed E-state index contributed by atoms with van der Waals surface area (Å²) >= 11 is 5.90.